The molecule has 0 bridgehead atoms. The molecule has 0 spiro atoms. The van der Waals surface area contributed by atoms with Gasteiger partial charge in [-0.05, 0) is 48.6 Å². The van der Waals surface area contributed by atoms with Crippen LogP contribution in [0.25, 0.3) is 0 Å². The maximum absolute atomic E-state index is 10.5. The molecular formula is C22H26N4O4. The van der Waals surface area contributed by atoms with Crippen LogP contribution in [0.5, 0.6) is 0 Å². The second-order valence-corrected chi connectivity index (χ2v) is 7.83. The summed E-state index contributed by atoms with van der Waals surface area (Å²) in [6.07, 6.45) is 8.94. The summed E-state index contributed by atoms with van der Waals surface area (Å²) in [5.41, 5.74) is 1.46. The molecule has 2 unspecified atom stereocenters. The van der Waals surface area contributed by atoms with Crippen molar-refractivity contribution in [3.05, 3.63) is 35.4 Å². The van der Waals surface area contributed by atoms with Crippen LogP contribution in [0.15, 0.2) is 44.2 Å². The van der Waals surface area contributed by atoms with E-state index in [1.165, 1.54) is 12.2 Å². The molecule has 1 aromatic carbocycles. The van der Waals surface area contributed by atoms with Gasteiger partial charge in [0.1, 0.15) is 0 Å². The van der Waals surface area contributed by atoms with E-state index in [0.29, 0.717) is 25.6 Å². The molecule has 158 valence electrons. The molecule has 0 radical (unpaired) electrons. The molecule has 0 heterocycles. The maximum Gasteiger partial charge on any atom is 0.235 e. The van der Waals surface area contributed by atoms with Crippen molar-refractivity contribution in [3.8, 4) is 0 Å². The Morgan fingerprint density at radius 1 is 0.833 bits per heavy atom. The van der Waals surface area contributed by atoms with Crippen LogP contribution in [0.3, 0.4) is 0 Å². The summed E-state index contributed by atoms with van der Waals surface area (Å²) in [4.78, 5) is 54.6. The SMILES string of the molecule is CC1(N=C=O)CCC(CCN=C=O)C1(C)C.O=C=NCc1ccc(CN=C=O)cc1. The van der Waals surface area contributed by atoms with Crippen LogP contribution in [-0.4, -0.2) is 36.4 Å². The zero-order valence-electron chi connectivity index (χ0n) is 17.6. The van der Waals surface area contributed by atoms with E-state index in [-0.39, 0.29) is 11.0 Å². The Balaban J connectivity index is 0.000000303. The van der Waals surface area contributed by atoms with Gasteiger partial charge in [-0.25, -0.2) is 34.2 Å². The highest BCUT2D eigenvalue weighted by molar-refractivity contribution is 5.36. The third kappa shape index (κ3) is 6.97. The third-order valence-electron chi connectivity index (χ3n) is 6.01. The molecule has 1 aromatic rings. The second-order valence-electron chi connectivity index (χ2n) is 7.83. The molecule has 2 atom stereocenters. The van der Waals surface area contributed by atoms with Crippen molar-refractivity contribution in [2.45, 2.75) is 58.7 Å². The number of isocyanates is 4. The fraction of sp³-hybridized carbons (Fsp3) is 0.545. The summed E-state index contributed by atoms with van der Waals surface area (Å²) in [7, 11) is 0. The van der Waals surface area contributed by atoms with E-state index in [2.05, 4.69) is 33.8 Å². The first-order chi connectivity index (χ1) is 14.3. The molecule has 0 amide bonds. The lowest BCUT2D eigenvalue weighted by molar-refractivity contribution is 0.161. The Morgan fingerprint density at radius 2 is 1.33 bits per heavy atom. The Bertz CT molecular complexity index is 847. The van der Waals surface area contributed by atoms with Crippen molar-refractivity contribution in [3.63, 3.8) is 0 Å². The molecule has 0 aliphatic heterocycles. The molecule has 1 aliphatic rings. The normalized spacial score (nSPS) is 20.8. The van der Waals surface area contributed by atoms with E-state index < -0.39 is 0 Å². The van der Waals surface area contributed by atoms with Crippen molar-refractivity contribution < 1.29 is 19.2 Å². The van der Waals surface area contributed by atoms with E-state index in [1.54, 1.807) is 12.2 Å². The van der Waals surface area contributed by atoms with Gasteiger partial charge in [-0.1, -0.05) is 38.1 Å². The summed E-state index contributed by atoms with van der Waals surface area (Å²) >= 11 is 0. The molecule has 1 aliphatic carbocycles. The molecule has 1 saturated carbocycles. The number of hydrogen-bond acceptors (Lipinski definition) is 8. The molecule has 8 heteroatoms. The van der Waals surface area contributed by atoms with Gasteiger partial charge < -0.3 is 0 Å². The van der Waals surface area contributed by atoms with Gasteiger partial charge in [0.2, 0.25) is 24.3 Å². The Kier molecular flexibility index (Phi) is 10.2. The number of benzene rings is 1. The van der Waals surface area contributed by atoms with E-state index in [9.17, 15) is 19.2 Å². The Labute approximate surface area is 175 Å². The zero-order valence-corrected chi connectivity index (χ0v) is 17.6. The van der Waals surface area contributed by atoms with Gasteiger partial charge >= 0.3 is 0 Å². The van der Waals surface area contributed by atoms with Crippen molar-refractivity contribution in [1.29, 1.82) is 0 Å². The average molecular weight is 410 g/mol. The highest BCUT2D eigenvalue weighted by Crippen LogP contribution is 2.53. The molecule has 30 heavy (non-hydrogen) atoms. The number of rotatable bonds is 8. The molecule has 8 nitrogen and oxygen atoms in total. The fourth-order valence-electron chi connectivity index (χ4n) is 3.65. The fourth-order valence-corrected chi connectivity index (χ4v) is 3.65. The van der Waals surface area contributed by atoms with Crippen LogP contribution in [0.2, 0.25) is 0 Å². The maximum atomic E-state index is 10.5. The van der Waals surface area contributed by atoms with E-state index in [0.717, 1.165) is 30.4 Å². The standard InChI is InChI=1S/C12H18N2O2.C10H8N2O2/c1-11(2)10(5-7-13-8-15)4-6-12(11,3)14-9-16;13-7-11-5-9-1-2-10(4-3-9)6-12-8-14/h10H,4-7H2,1-3H3;1-4H,5-6H2. The first kappa shape index (κ1) is 24.8. The molecule has 2 rings (SSSR count). The lowest BCUT2D eigenvalue weighted by Gasteiger charge is -2.37. The second kappa shape index (κ2) is 12.3. The van der Waals surface area contributed by atoms with Gasteiger partial charge in [0.25, 0.3) is 0 Å². The minimum atomic E-state index is -0.329. The zero-order chi connectivity index (χ0) is 22.5. The smallest absolute Gasteiger partial charge is 0.211 e. The summed E-state index contributed by atoms with van der Waals surface area (Å²) in [5.74, 6) is 0.437. The van der Waals surface area contributed by atoms with Gasteiger partial charge in [-0.15, -0.1) is 0 Å². The highest BCUT2D eigenvalue weighted by Gasteiger charge is 2.51. The van der Waals surface area contributed by atoms with Crippen LogP contribution in [0, 0.1) is 11.3 Å². The van der Waals surface area contributed by atoms with Crippen LogP contribution in [0.4, 0.5) is 0 Å². The van der Waals surface area contributed by atoms with Crippen LogP contribution in [-0.2, 0) is 32.3 Å². The van der Waals surface area contributed by atoms with Crippen LogP contribution in [0.1, 0.15) is 51.2 Å². The lowest BCUT2D eigenvalue weighted by Crippen LogP contribution is -2.38. The van der Waals surface area contributed by atoms with Gasteiger partial charge in [-0.2, -0.15) is 4.99 Å². The molecule has 0 aromatic heterocycles. The van der Waals surface area contributed by atoms with Crippen molar-refractivity contribution in [1.82, 2.24) is 0 Å². The largest absolute Gasteiger partial charge is 0.235 e. The Hall–Kier alpha value is -3.26. The first-order valence-electron chi connectivity index (χ1n) is 9.62. The summed E-state index contributed by atoms with van der Waals surface area (Å²) < 4.78 is 0. The van der Waals surface area contributed by atoms with Crippen molar-refractivity contribution in [2.24, 2.45) is 31.3 Å². The first-order valence-corrected chi connectivity index (χ1v) is 9.62. The van der Waals surface area contributed by atoms with Crippen molar-refractivity contribution in [2.75, 3.05) is 6.54 Å². The molecule has 1 fully saturated rings. The van der Waals surface area contributed by atoms with E-state index >= 15 is 0 Å². The van der Waals surface area contributed by atoms with Crippen LogP contribution >= 0.6 is 0 Å². The number of aliphatic imine (C=N–C) groups is 4. The molecular weight excluding hydrogens is 384 g/mol. The van der Waals surface area contributed by atoms with E-state index in [1.807, 2.05) is 31.2 Å². The molecule has 0 saturated heterocycles. The van der Waals surface area contributed by atoms with Gasteiger partial charge in [-0.3, -0.25) is 0 Å². The quantitative estimate of drug-likeness (QED) is 0.480. The topological polar surface area (TPSA) is 118 Å². The predicted octanol–water partition coefficient (Wildman–Crippen LogP) is 3.60. The van der Waals surface area contributed by atoms with Gasteiger partial charge in [0.05, 0.1) is 25.2 Å². The monoisotopic (exact) mass is 410 g/mol. The highest BCUT2D eigenvalue weighted by atomic mass is 16.1. The average Bonchev–Trinajstić information content (AvgIpc) is 2.95. The molecule has 0 N–H and O–H groups in total. The van der Waals surface area contributed by atoms with Crippen LogP contribution < -0.4 is 0 Å². The third-order valence-corrected chi connectivity index (χ3v) is 6.01. The van der Waals surface area contributed by atoms with E-state index in [4.69, 9.17) is 0 Å². The minimum absolute atomic E-state index is 0.0528. The summed E-state index contributed by atoms with van der Waals surface area (Å²) in [5, 5.41) is 0. The Morgan fingerprint density at radius 3 is 1.77 bits per heavy atom. The predicted molar refractivity (Wildman–Crippen MR) is 111 cm³/mol. The number of carbonyl (C=O) groups excluding carboxylic acids is 4. The summed E-state index contributed by atoms with van der Waals surface area (Å²) in [6, 6.07) is 7.32. The van der Waals surface area contributed by atoms with Gasteiger partial charge in [0, 0.05) is 0 Å². The van der Waals surface area contributed by atoms with Crippen molar-refractivity contribution >= 4 is 24.3 Å². The number of hydrogen-bond donors (Lipinski definition) is 0. The number of nitrogens with zero attached hydrogens (tertiary/aromatic N) is 4. The van der Waals surface area contributed by atoms with Gasteiger partial charge in [0.15, 0.2) is 0 Å². The summed E-state index contributed by atoms with van der Waals surface area (Å²) in [6.45, 7) is 7.42. The lowest BCUT2D eigenvalue weighted by atomic mass is 9.70. The minimum Gasteiger partial charge on any atom is -0.211 e.